The number of ether oxygens (including phenoxy) is 1. The first-order valence-electron chi connectivity index (χ1n) is 5.28. The van der Waals surface area contributed by atoms with E-state index in [2.05, 4.69) is 4.98 Å². The van der Waals surface area contributed by atoms with Gasteiger partial charge < -0.3 is 10.5 Å². The van der Waals surface area contributed by atoms with Gasteiger partial charge in [-0.1, -0.05) is 11.6 Å². The van der Waals surface area contributed by atoms with E-state index in [1.54, 1.807) is 6.07 Å². The molecular formula is C12H9ClF2N2O2. The second-order valence-corrected chi connectivity index (χ2v) is 4.13. The lowest BCUT2D eigenvalue weighted by atomic mass is 10.1. The topological polar surface area (TPSA) is 65.2 Å². The van der Waals surface area contributed by atoms with Crippen LogP contribution >= 0.6 is 11.6 Å². The summed E-state index contributed by atoms with van der Waals surface area (Å²) in [5.41, 5.74) is 5.61. The molecule has 0 spiro atoms. The van der Waals surface area contributed by atoms with Gasteiger partial charge in [0.1, 0.15) is 12.4 Å². The summed E-state index contributed by atoms with van der Waals surface area (Å²) in [6.45, 7) is -0.827. The summed E-state index contributed by atoms with van der Waals surface area (Å²) in [6.07, 6.45) is -1.19. The van der Waals surface area contributed by atoms with Crippen LogP contribution in [-0.2, 0) is 0 Å². The van der Waals surface area contributed by atoms with Gasteiger partial charge in [-0.3, -0.25) is 9.78 Å². The number of pyridine rings is 1. The molecule has 1 aromatic heterocycles. The molecule has 2 rings (SSSR count). The van der Waals surface area contributed by atoms with E-state index in [-0.39, 0.29) is 11.3 Å². The molecule has 0 aliphatic carbocycles. The van der Waals surface area contributed by atoms with Crippen molar-refractivity contribution in [3.8, 4) is 5.75 Å². The molecule has 0 radical (unpaired) electrons. The van der Waals surface area contributed by atoms with Crippen molar-refractivity contribution in [3.05, 3.63) is 35.0 Å². The van der Waals surface area contributed by atoms with Gasteiger partial charge in [-0.2, -0.15) is 0 Å². The van der Waals surface area contributed by atoms with Crippen LogP contribution in [0, 0.1) is 0 Å². The third-order valence-electron chi connectivity index (χ3n) is 2.42. The van der Waals surface area contributed by atoms with Crippen LogP contribution in [0.5, 0.6) is 5.75 Å². The van der Waals surface area contributed by atoms with E-state index in [1.165, 1.54) is 18.3 Å². The van der Waals surface area contributed by atoms with Crippen LogP contribution in [0.25, 0.3) is 10.9 Å². The Morgan fingerprint density at radius 1 is 1.47 bits per heavy atom. The first-order valence-corrected chi connectivity index (χ1v) is 5.66. The minimum absolute atomic E-state index is 0.0111. The summed E-state index contributed by atoms with van der Waals surface area (Å²) in [4.78, 5) is 15.3. The van der Waals surface area contributed by atoms with Crippen LogP contribution in [0.15, 0.2) is 24.4 Å². The number of alkyl halides is 2. The molecule has 0 saturated heterocycles. The van der Waals surface area contributed by atoms with Crippen molar-refractivity contribution in [1.29, 1.82) is 0 Å². The number of hydrogen-bond donors (Lipinski definition) is 1. The molecule has 0 fully saturated rings. The minimum Gasteiger partial charge on any atom is -0.487 e. The summed E-state index contributed by atoms with van der Waals surface area (Å²) in [5.74, 6) is -0.818. The van der Waals surface area contributed by atoms with E-state index in [9.17, 15) is 13.6 Å². The zero-order valence-corrected chi connectivity index (χ0v) is 10.3. The third kappa shape index (κ3) is 2.90. The second kappa shape index (κ2) is 5.36. The van der Waals surface area contributed by atoms with Crippen molar-refractivity contribution < 1.29 is 18.3 Å². The van der Waals surface area contributed by atoms with Gasteiger partial charge in [0.25, 0.3) is 12.3 Å². The van der Waals surface area contributed by atoms with Crippen molar-refractivity contribution >= 4 is 28.4 Å². The average Bonchev–Trinajstić information content (AvgIpc) is 2.35. The zero-order valence-electron chi connectivity index (χ0n) is 9.57. The fraction of sp³-hybridized carbons (Fsp3) is 0.167. The molecule has 2 N–H and O–H groups in total. The number of carbonyl (C=O) groups excluding carboxylic acids is 1. The number of primary amides is 1. The normalized spacial score (nSPS) is 10.9. The summed E-state index contributed by atoms with van der Waals surface area (Å²) >= 11 is 5.96. The van der Waals surface area contributed by atoms with Gasteiger partial charge >= 0.3 is 0 Å². The maximum Gasteiger partial charge on any atom is 0.272 e. The Morgan fingerprint density at radius 3 is 2.84 bits per heavy atom. The molecular weight excluding hydrogens is 278 g/mol. The highest BCUT2D eigenvalue weighted by molar-refractivity contribution is 6.35. The van der Waals surface area contributed by atoms with Gasteiger partial charge in [0.05, 0.1) is 16.1 Å². The average molecular weight is 287 g/mol. The van der Waals surface area contributed by atoms with Gasteiger partial charge in [0.15, 0.2) is 0 Å². The highest BCUT2D eigenvalue weighted by atomic mass is 35.5. The Hall–Kier alpha value is -1.95. The Kier molecular flexibility index (Phi) is 3.80. The minimum atomic E-state index is -2.65. The number of benzene rings is 1. The van der Waals surface area contributed by atoms with E-state index in [0.717, 1.165) is 0 Å². The Bertz CT molecular complexity index is 634. The molecule has 0 saturated carbocycles. The maximum atomic E-state index is 12.2. The summed E-state index contributed by atoms with van der Waals surface area (Å²) in [7, 11) is 0. The van der Waals surface area contributed by atoms with Crippen LogP contribution in [-0.4, -0.2) is 23.9 Å². The van der Waals surface area contributed by atoms with Crippen molar-refractivity contribution in [1.82, 2.24) is 4.98 Å². The smallest absolute Gasteiger partial charge is 0.272 e. The van der Waals surface area contributed by atoms with Gasteiger partial charge in [-0.25, -0.2) is 8.78 Å². The number of fused-ring (bicyclic) bond motifs is 1. The molecule has 100 valence electrons. The SMILES string of the molecule is NC(=O)c1cc2c(Cl)ccnc2cc1OCC(F)F. The van der Waals surface area contributed by atoms with E-state index < -0.39 is 18.9 Å². The molecule has 19 heavy (non-hydrogen) atoms. The summed E-state index contributed by atoms with van der Waals surface area (Å²) in [5, 5.41) is 0.885. The largest absolute Gasteiger partial charge is 0.487 e. The number of hydrogen-bond acceptors (Lipinski definition) is 3. The van der Waals surface area contributed by atoms with Crippen molar-refractivity contribution in [2.75, 3.05) is 6.61 Å². The van der Waals surface area contributed by atoms with Crippen LogP contribution in [0.1, 0.15) is 10.4 Å². The van der Waals surface area contributed by atoms with Crippen LogP contribution in [0.3, 0.4) is 0 Å². The highest BCUT2D eigenvalue weighted by Crippen LogP contribution is 2.29. The molecule has 2 aromatic rings. The van der Waals surface area contributed by atoms with Crippen LogP contribution in [0.4, 0.5) is 8.78 Å². The molecule has 0 atom stereocenters. The number of aromatic nitrogens is 1. The molecule has 1 amide bonds. The Labute approximate surface area is 112 Å². The highest BCUT2D eigenvalue weighted by Gasteiger charge is 2.15. The zero-order chi connectivity index (χ0) is 14.0. The van der Waals surface area contributed by atoms with Gasteiger partial charge in [-0.15, -0.1) is 0 Å². The number of halogens is 3. The number of amides is 1. The van der Waals surface area contributed by atoms with Crippen molar-refractivity contribution in [2.45, 2.75) is 6.43 Å². The molecule has 0 bridgehead atoms. The molecule has 0 unspecified atom stereocenters. The van der Waals surface area contributed by atoms with Crippen molar-refractivity contribution in [2.24, 2.45) is 5.73 Å². The molecule has 1 heterocycles. The van der Waals surface area contributed by atoms with Crippen LogP contribution < -0.4 is 10.5 Å². The fourth-order valence-corrected chi connectivity index (χ4v) is 1.81. The molecule has 0 aliphatic heterocycles. The third-order valence-corrected chi connectivity index (χ3v) is 2.75. The molecule has 0 aliphatic rings. The predicted molar refractivity (Wildman–Crippen MR) is 66.8 cm³/mol. The lowest BCUT2D eigenvalue weighted by Crippen LogP contribution is -2.15. The van der Waals surface area contributed by atoms with Gasteiger partial charge in [0.2, 0.25) is 0 Å². The first kappa shape index (κ1) is 13.5. The lowest BCUT2D eigenvalue weighted by molar-refractivity contribution is 0.0802. The fourth-order valence-electron chi connectivity index (χ4n) is 1.60. The number of carbonyl (C=O) groups is 1. The lowest BCUT2D eigenvalue weighted by Gasteiger charge is -2.11. The Morgan fingerprint density at radius 2 is 2.21 bits per heavy atom. The van der Waals surface area contributed by atoms with E-state index in [4.69, 9.17) is 22.1 Å². The molecule has 4 nitrogen and oxygen atoms in total. The first-order chi connectivity index (χ1) is 8.99. The summed E-state index contributed by atoms with van der Waals surface area (Å²) in [6, 6.07) is 4.30. The second-order valence-electron chi connectivity index (χ2n) is 3.72. The van der Waals surface area contributed by atoms with Crippen molar-refractivity contribution in [3.63, 3.8) is 0 Å². The van der Waals surface area contributed by atoms with Crippen LogP contribution in [0.2, 0.25) is 5.02 Å². The predicted octanol–water partition coefficient (Wildman–Crippen LogP) is 2.63. The number of nitrogens with zero attached hydrogens (tertiary/aromatic N) is 1. The Balaban J connectivity index is 2.54. The number of rotatable bonds is 4. The van der Waals surface area contributed by atoms with Gasteiger partial charge in [-0.05, 0) is 12.1 Å². The monoisotopic (exact) mass is 286 g/mol. The summed E-state index contributed by atoms with van der Waals surface area (Å²) < 4.78 is 29.2. The van der Waals surface area contributed by atoms with Gasteiger partial charge in [0, 0.05) is 17.6 Å². The quantitative estimate of drug-likeness (QED) is 0.939. The van der Waals surface area contributed by atoms with E-state index in [0.29, 0.717) is 15.9 Å². The van der Waals surface area contributed by atoms with E-state index in [1.807, 2.05) is 0 Å². The maximum absolute atomic E-state index is 12.2. The molecule has 1 aromatic carbocycles. The molecule has 7 heteroatoms. The van der Waals surface area contributed by atoms with E-state index >= 15 is 0 Å². The number of nitrogens with two attached hydrogens (primary N) is 1. The standard InChI is InChI=1S/C12H9ClF2N2O2/c13-8-1-2-17-9-4-10(19-5-11(14)15)7(12(16)18)3-6(8)9/h1-4,11H,5H2,(H2,16,18).